The topological polar surface area (TPSA) is 47.7 Å². The number of nitrogens with one attached hydrogen (secondary N) is 1. The average Bonchev–Trinajstić information content (AvgIpc) is 2.79. The second kappa shape index (κ2) is 6.32. The van der Waals surface area contributed by atoms with E-state index in [-0.39, 0.29) is 0 Å². The third kappa shape index (κ3) is 3.37. The molecule has 0 saturated heterocycles. The third-order valence-corrected chi connectivity index (χ3v) is 4.81. The van der Waals surface area contributed by atoms with Gasteiger partial charge in [-0.2, -0.15) is 10.2 Å². The van der Waals surface area contributed by atoms with Gasteiger partial charge in [0.15, 0.2) is 0 Å². The van der Waals surface area contributed by atoms with Gasteiger partial charge in [-0.25, -0.2) is 0 Å². The number of aryl methyl sites for hydroxylation is 3. The number of hydrogen-bond acceptors (Lipinski definition) is 3. The maximum Gasteiger partial charge on any atom is 0.0842 e. The van der Waals surface area contributed by atoms with Crippen LogP contribution in [0.25, 0.3) is 0 Å². The fourth-order valence-electron chi connectivity index (χ4n) is 2.44. The molecule has 0 aliphatic carbocycles. The van der Waals surface area contributed by atoms with Gasteiger partial charge in [0.25, 0.3) is 0 Å². The Balaban J connectivity index is 2.27. The van der Waals surface area contributed by atoms with E-state index in [9.17, 15) is 0 Å². The maximum atomic E-state index is 4.69. The van der Waals surface area contributed by atoms with E-state index in [0.29, 0.717) is 6.04 Å². The van der Waals surface area contributed by atoms with Crippen LogP contribution in [0, 0.1) is 20.8 Å². The van der Waals surface area contributed by atoms with Gasteiger partial charge in [-0.3, -0.25) is 9.36 Å². The van der Waals surface area contributed by atoms with Crippen molar-refractivity contribution in [2.24, 2.45) is 7.05 Å². The van der Waals surface area contributed by atoms with Crippen molar-refractivity contribution in [3.8, 4) is 0 Å². The summed E-state index contributed by atoms with van der Waals surface area (Å²) in [5.41, 5.74) is 5.75. The lowest BCUT2D eigenvalue weighted by molar-refractivity contribution is 0.581. The van der Waals surface area contributed by atoms with Gasteiger partial charge in [0.05, 0.1) is 28.1 Å². The van der Waals surface area contributed by atoms with Gasteiger partial charge >= 0.3 is 0 Å². The monoisotopic (exact) mass is 353 g/mol. The van der Waals surface area contributed by atoms with Gasteiger partial charge in [-0.05, 0) is 36.7 Å². The minimum absolute atomic E-state index is 0.473. The second-order valence-corrected chi connectivity index (χ2v) is 6.61. The summed E-state index contributed by atoms with van der Waals surface area (Å²) >= 11 is 3.62. The van der Waals surface area contributed by atoms with Crippen LogP contribution in [0.4, 0.5) is 0 Å². The first-order chi connectivity index (χ1) is 9.81. The summed E-state index contributed by atoms with van der Waals surface area (Å²) in [6.45, 7) is 12.1. The highest BCUT2D eigenvalue weighted by atomic mass is 79.9. The molecule has 0 spiro atoms. The largest absolute Gasteiger partial charge is 0.310 e. The van der Waals surface area contributed by atoms with Gasteiger partial charge in [-0.1, -0.05) is 13.8 Å². The molecule has 0 radical (unpaired) electrons. The molecule has 116 valence electrons. The van der Waals surface area contributed by atoms with E-state index in [2.05, 4.69) is 63.8 Å². The predicted molar refractivity (Wildman–Crippen MR) is 88.4 cm³/mol. The Morgan fingerprint density at radius 3 is 2.33 bits per heavy atom. The average molecular weight is 354 g/mol. The van der Waals surface area contributed by atoms with Crippen LogP contribution in [0.15, 0.2) is 4.47 Å². The Bertz CT molecular complexity index is 639. The highest BCUT2D eigenvalue weighted by molar-refractivity contribution is 9.10. The van der Waals surface area contributed by atoms with Crippen molar-refractivity contribution in [3.05, 3.63) is 32.8 Å². The van der Waals surface area contributed by atoms with Gasteiger partial charge < -0.3 is 5.32 Å². The van der Waals surface area contributed by atoms with Crippen LogP contribution in [0.3, 0.4) is 0 Å². The molecule has 1 N–H and O–H groups in total. The van der Waals surface area contributed by atoms with E-state index < -0.39 is 0 Å². The van der Waals surface area contributed by atoms with E-state index >= 15 is 0 Å². The van der Waals surface area contributed by atoms with Crippen molar-refractivity contribution in [1.29, 1.82) is 0 Å². The number of rotatable bonds is 5. The smallest absolute Gasteiger partial charge is 0.0842 e. The fourth-order valence-corrected chi connectivity index (χ4v) is 2.91. The van der Waals surface area contributed by atoms with Crippen LogP contribution >= 0.6 is 15.9 Å². The zero-order chi connectivity index (χ0) is 15.7. The summed E-state index contributed by atoms with van der Waals surface area (Å²) in [6, 6.07) is 0.473. The van der Waals surface area contributed by atoms with Gasteiger partial charge in [-0.15, -0.1) is 0 Å². The highest BCUT2D eigenvalue weighted by Gasteiger charge is 2.16. The molecule has 0 atom stereocenters. The van der Waals surface area contributed by atoms with Crippen molar-refractivity contribution in [1.82, 2.24) is 24.9 Å². The molecule has 0 aliphatic heterocycles. The third-order valence-electron chi connectivity index (χ3n) is 3.78. The Morgan fingerprint density at radius 1 is 1.14 bits per heavy atom. The van der Waals surface area contributed by atoms with Gasteiger partial charge in [0.2, 0.25) is 0 Å². The van der Waals surface area contributed by atoms with Gasteiger partial charge in [0.1, 0.15) is 0 Å². The van der Waals surface area contributed by atoms with E-state index in [1.807, 2.05) is 18.7 Å². The fraction of sp³-hybridized carbons (Fsp3) is 0.600. The lowest BCUT2D eigenvalue weighted by Gasteiger charge is -2.09. The van der Waals surface area contributed by atoms with Crippen molar-refractivity contribution in [2.45, 2.75) is 53.8 Å². The molecule has 0 aliphatic rings. The zero-order valence-electron chi connectivity index (χ0n) is 13.7. The number of hydrogen-bond donors (Lipinski definition) is 1. The van der Waals surface area contributed by atoms with Crippen molar-refractivity contribution >= 4 is 15.9 Å². The van der Waals surface area contributed by atoms with Crippen molar-refractivity contribution < 1.29 is 0 Å². The molecule has 6 heteroatoms. The molecule has 0 fully saturated rings. The molecule has 5 nitrogen and oxygen atoms in total. The molecule has 2 aromatic heterocycles. The molecule has 0 saturated carbocycles. The lowest BCUT2D eigenvalue weighted by Crippen LogP contribution is -2.22. The zero-order valence-corrected chi connectivity index (χ0v) is 15.2. The summed E-state index contributed by atoms with van der Waals surface area (Å²) in [7, 11) is 1.97. The molecule has 21 heavy (non-hydrogen) atoms. The highest BCUT2D eigenvalue weighted by Crippen LogP contribution is 2.22. The minimum atomic E-state index is 0.473. The predicted octanol–water partition coefficient (Wildman–Crippen LogP) is 2.85. The molecule has 0 unspecified atom stereocenters. The SMILES string of the molecule is Cc1nn(C)c(Cn2nc(C)c(CNC(C)C)c2C)c1Br. The Labute approximate surface area is 134 Å². The minimum Gasteiger partial charge on any atom is -0.310 e. The summed E-state index contributed by atoms with van der Waals surface area (Å²) in [6.07, 6.45) is 0. The first-order valence-electron chi connectivity index (χ1n) is 7.25. The maximum absolute atomic E-state index is 4.69. The molecule has 0 bridgehead atoms. The van der Waals surface area contributed by atoms with Crippen molar-refractivity contribution in [3.63, 3.8) is 0 Å². The Kier molecular flexibility index (Phi) is 4.88. The summed E-state index contributed by atoms with van der Waals surface area (Å²) in [5.74, 6) is 0. The van der Waals surface area contributed by atoms with E-state index in [0.717, 1.165) is 34.6 Å². The van der Waals surface area contributed by atoms with Crippen molar-refractivity contribution in [2.75, 3.05) is 0 Å². The first kappa shape index (κ1) is 16.2. The molecule has 2 heterocycles. The molecule has 0 aromatic carbocycles. The Hall–Kier alpha value is -1.14. The normalized spacial score (nSPS) is 11.6. The van der Waals surface area contributed by atoms with E-state index in [4.69, 9.17) is 0 Å². The van der Waals surface area contributed by atoms with Crippen LogP contribution in [-0.2, 0) is 20.1 Å². The van der Waals surface area contributed by atoms with E-state index in [1.165, 1.54) is 11.3 Å². The van der Waals surface area contributed by atoms with Gasteiger partial charge in [0, 0.05) is 30.9 Å². The molecule has 0 amide bonds. The number of nitrogens with zero attached hydrogens (tertiary/aromatic N) is 4. The molecule has 2 aromatic rings. The van der Waals surface area contributed by atoms with Crippen LogP contribution in [0.5, 0.6) is 0 Å². The van der Waals surface area contributed by atoms with E-state index in [1.54, 1.807) is 0 Å². The summed E-state index contributed by atoms with van der Waals surface area (Å²) in [4.78, 5) is 0. The quantitative estimate of drug-likeness (QED) is 0.898. The number of aromatic nitrogens is 4. The standard InChI is InChI=1S/C15H24BrN5/c1-9(2)17-7-13-10(3)19-21(12(13)5)8-14-15(16)11(4)18-20(14)6/h9,17H,7-8H2,1-6H3. The summed E-state index contributed by atoms with van der Waals surface area (Å²) < 4.78 is 5.05. The first-order valence-corrected chi connectivity index (χ1v) is 8.04. The molecule has 2 rings (SSSR count). The molecular formula is C15H24BrN5. The van der Waals surface area contributed by atoms with Crippen LogP contribution in [0.1, 0.15) is 42.2 Å². The molecular weight excluding hydrogens is 330 g/mol. The summed E-state index contributed by atoms with van der Waals surface area (Å²) in [5, 5.41) is 12.6. The lowest BCUT2D eigenvalue weighted by atomic mass is 10.2. The number of halogens is 1. The van der Waals surface area contributed by atoms with Crippen LogP contribution in [-0.4, -0.2) is 25.6 Å². The van der Waals surface area contributed by atoms with Crippen LogP contribution in [0.2, 0.25) is 0 Å². The Morgan fingerprint density at radius 2 is 1.81 bits per heavy atom. The van der Waals surface area contributed by atoms with Crippen LogP contribution < -0.4 is 5.32 Å². The second-order valence-electron chi connectivity index (χ2n) is 5.81.